The molecule has 0 spiro atoms. The van der Waals surface area contributed by atoms with Gasteiger partial charge in [0.25, 0.3) is 0 Å². The first kappa shape index (κ1) is 12.5. The summed E-state index contributed by atoms with van der Waals surface area (Å²) in [5.41, 5.74) is 6.65. The molecule has 1 saturated carbocycles. The largest absolute Gasteiger partial charge is 0.326 e. The summed E-state index contributed by atoms with van der Waals surface area (Å²) >= 11 is 0. The van der Waals surface area contributed by atoms with E-state index in [0.29, 0.717) is 0 Å². The molecule has 0 radical (unpaired) electrons. The minimum atomic E-state index is -3.28. The third kappa shape index (κ3) is 3.52. The molecule has 3 N–H and O–H groups in total. The third-order valence-corrected chi connectivity index (χ3v) is 4.48. The van der Waals surface area contributed by atoms with E-state index in [0.717, 1.165) is 24.8 Å². The van der Waals surface area contributed by atoms with Gasteiger partial charge in [0.1, 0.15) is 0 Å². The molecule has 4 nitrogen and oxygen atoms in total. The van der Waals surface area contributed by atoms with Gasteiger partial charge in [-0.25, -0.2) is 13.1 Å². The minimum Gasteiger partial charge on any atom is -0.326 e. The van der Waals surface area contributed by atoms with Gasteiger partial charge in [0.2, 0.25) is 10.0 Å². The summed E-state index contributed by atoms with van der Waals surface area (Å²) in [6.07, 6.45) is 2.74. The molecule has 1 fully saturated rings. The molecule has 0 aliphatic heterocycles. The molecule has 2 unspecified atom stereocenters. The van der Waals surface area contributed by atoms with E-state index < -0.39 is 10.0 Å². The van der Waals surface area contributed by atoms with E-state index in [1.54, 1.807) is 0 Å². The Labute approximate surface area is 102 Å². The SMILES string of the molecule is NC1CCCC1NS(=O)(=O)Cc1ccccc1. The van der Waals surface area contributed by atoms with Gasteiger partial charge in [-0.2, -0.15) is 0 Å². The predicted octanol–water partition coefficient (Wildman–Crippen LogP) is 0.986. The summed E-state index contributed by atoms with van der Waals surface area (Å²) in [4.78, 5) is 0. The molecule has 94 valence electrons. The number of rotatable bonds is 4. The Kier molecular flexibility index (Phi) is 3.81. The summed E-state index contributed by atoms with van der Waals surface area (Å²) in [7, 11) is -3.28. The second kappa shape index (κ2) is 5.16. The van der Waals surface area contributed by atoms with Crippen LogP contribution in [0.25, 0.3) is 0 Å². The van der Waals surface area contributed by atoms with Gasteiger partial charge in [-0.1, -0.05) is 36.8 Å². The molecule has 0 saturated heterocycles. The van der Waals surface area contributed by atoms with E-state index >= 15 is 0 Å². The fourth-order valence-electron chi connectivity index (χ4n) is 2.20. The van der Waals surface area contributed by atoms with Crippen molar-refractivity contribution in [3.05, 3.63) is 35.9 Å². The lowest BCUT2D eigenvalue weighted by atomic mass is 10.2. The van der Waals surface area contributed by atoms with Crippen LogP contribution in [0, 0.1) is 0 Å². The first-order valence-electron chi connectivity index (χ1n) is 5.86. The van der Waals surface area contributed by atoms with Gasteiger partial charge in [0, 0.05) is 12.1 Å². The summed E-state index contributed by atoms with van der Waals surface area (Å²) in [5.74, 6) is 0.0249. The molecule has 2 rings (SSSR count). The topological polar surface area (TPSA) is 72.2 Å². The fourth-order valence-corrected chi connectivity index (χ4v) is 3.67. The molecule has 17 heavy (non-hydrogen) atoms. The van der Waals surface area contributed by atoms with Gasteiger partial charge >= 0.3 is 0 Å². The van der Waals surface area contributed by atoms with Crippen LogP contribution in [-0.2, 0) is 15.8 Å². The number of benzene rings is 1. The molecular weight excluding hydrogens is 236 g/mol. The molecule has 2 atom stereocenters. The van der Waals surface area contributed by atoms with Crippen molar-refractivity contribution in [1.82, 2.24) is 4.72 Å². The highest BCUT2D eigenvalue weighted by Gasteiger charge is 2.27. The van der Waals surface area contributed by atoms with E-state index in [-0.39, 0.29) is 17.8 Å². The predicted molar refractivity (Wildman–Crippen MR) is 67.8 cm³/mol. The van der Waals surface area contributed by atoms with Crippen molar-refractivity contribution < 1.29 is 8.42 Å². The zero-order chi connectivity index (χ0) is 12.3. The molecular formula is C12H18N2O2S. The zero-order valence-electron chi connectivity index (χ0n) is 9.67. The van der Waals surface area contributed by atoms with Crippen LogP contribution in [0.3, 0.4) is 0 Å². The Balaban J connectivity index is 2.00. The molecule has 1 aromatic rings. The maximum absolute atomic E-state index is 11.9. The number of nitrogens with two attached hydrogens (primary N) is 1. The molecule has 0 heterocycles. The van der Waals surface area contributed by atoms with Crippen LogP contribution in [0.5, 0.6) is 0 Å². The number of nitrogens with one attached hydrogen (secondary N) is 1. The Hall–Kier alpha value is -0.910. The van der Waals surface area contributed by atoms with Crippen LogP contribution in [0.4, 0.5) is 0 Å². The second-order valence-corrected chi connectivity index (χ2v) is 6.32. The van der Waals surface area contributed by atoms with E-state index in [1.165, 1.54) is 0 Å². The van der Waals surface area contributed by atoms with Crippen molar-refractivity contribution in [3.63, 3.8) is 0 Å². The van der Waals surface area contributed by atoms with Gasteiger partial charge in [-0.15, -0.1) is 0 Å². The van der Waals surface area contributed by atoms with Crippen molar-refractivity contribution in [2.45, 2.75) is 37.1 Å². The fraction of sp³-hybridized carbons (Fsp3) is 0.500. The Morgan fingerprint density at radius 3 is 2.53 bits per heavy atom. The van der Waals surface area contributed by atoms with Gasteiger partial charge in [-0.05, 0) is 18.4 Å². The van der Waals surface area contributed by atoms with E-state index in [9.17, 15) is 8.42 Å². The summed E-state index contributed by atoms with van der Waals surface area (Å²) < 4.78 is 26.6. The van der Waals surface area contributed by atoms with E-state index in [4.69, 9.17) is 5.73 Å². The third-order valence-electron chi connectivity index (χ3n) is 3.10. The van der Waals surface area contributed by atoms with Gasteiger partial charge < -0.3 is 5.73 Å². The van der Waals surface area contributed by atoms with Crippen LogP contribution in [-0.4, -0.2) is 20.5 Å². The van der Waals surface area contributed by atoms with Crippen LogP contribution in [0.15, 0.2) is 30.3 Å². The number of sulfonamides is 1. The Morgan fingerprint density at radius 2 is 1.94 bits per heavy atom. The zero-order valence-corrected chi connectivity index (χ0v) is 10.5. The van der Waals surface area contributed by atoms with E-state index in [2.05, 4.69) is 4.72 Å². The summed E-state index contributed by atoms with van der Waals surface area (Å²) in [6, 6.07) is 9.04. The average molecular weight is 254 g/mol. The van der Waals surface area contributed by atoms with E-state index in [1.807, 2.05) is 30.3 Å². The molecule has 0 aromatic heterocycles. The quantitative estimate of drug-likeness (QED) is 0.841. The monoisotopic (exact) mass is 254 g/mol. The lowest BCUT2D eigenvalue weighted by molar-refractivity contribution is 0.522. The minimum absolute atomic E-state index is 0.0249. The lowest BCUT2D eigenvalue weighted by Gasteiger charge is -2.17. The highest BCUT2D eigenvalue weighted by Crippen LogP contribution is 2.18. The van der Waals surface area contributed by atoms with Crippen molar-refractivity contribution in [2.75, 3.05) is 0 Å². The molecule has 0 amide bonds. The van der Waals surface area contributed by atoms with Gasteiger partial charge in [0.15, 0.2) is 0 Å². The lowest BCUT2D eigenvalue weighted by Crippen LogP contribution is -2.44. The van der Waals surface area contributed by atoms with Crippen molar-refractivity contribution >= 4 is 10.0 Å². The Morgan fingerprint density at radius 1 is 1.24 bits per heavy atom. The van der Waals surface area contributed by atoms with Crippen molar-refractivity contribution in [3.8, 4) is 0 Å². The maximum atomic E-state index is 11.9. The molecule has 5 heteroatoms. The van der Waals surface area contributed by atoms with Crippen LogP contribution < -0.4 is 10.5 Å². The van der Waals surface area contributed by atoms with Gasteiger partial charge in [0.05, 0.1) is 5.75 Å². The van der Waals surface area contributed by atoms with Gasteiger partial charge in [-0.3, -0.25) is 0 Å². The van der Waals surface area contributed by atoms with Crippen LogP contribution in [0.1, 0.15) is 24.8 Å². The number of hydrogen-bond acceptors (Lipinski definition) is 3. The molecule has 1 aromatic carbocycles. The highest BCUT2D eigenvalue weighted by atomic mass is 32.2. The number of hydrogen-bond donors (Lipinski definition) is 2. The molecule has 1 aliphatic carbocycles. The highest BCUT2D eigenvalue weighted by molar-refractivity contribution is 7.88. The standard InChI is InChI=1S/C12H18N2O2S/c13-11-7-4-8-12(11)14-17(15,16)9-10-5-2-1-3-6-10/h1-3,5-6,11-12,14H,4,7-9,13H2. The molecule has 1 aliphatic rings. The smallest absolute Gasteiger partial charge is 0.216 e. The first-order valence-corrected chi connectivity index (χ1v) is 7.51. The second-order valence-electron chi connectivity index (χ2n) is 4.56. The average Bonchev–Trinajstić information content (AvgIpc) is 2.64. The molecule has 0 bridgehead atoms. The van der Waals surface area contributed by atoms with Crippen molar-refractivity contribution in [2.24, 2.45) is 5.73 Å². The summed E-state index contributed by atoms with van der Waals surface area (Å²) in [6.45, 7) is 0. The normalized spacial score (nSPS) is 25.0. The van der Waals surface area contributed by atoms with Crippen LogP contribution >= 0.6 is 0 Å². The van der Waals surface area contributed by atoms with Crippen molar-refractivity contribution in [1.29, 1.82) is 0 Å². The summed E-state index contributed by atoms with van der Waals surface area (Å²) in [5, 5.41) is 0. The van der Waals surface area contributed by atoms with Crippen LogP contribution in [0.2, 0.25) is 0 Å². The maximum Gasteiger partial charge on any atom is 0.216 e. The first-order chi connectivity index (χ1) is 8.07. The Bertz CT molecular complexity index is 459.